The molecule has 3 heterocycles. The average Bonchev–Trinajstić information content (AvgIpc) is 3.41. The van der Waals surface area contributed by atoms with Crippen molar-refractivity contribution in [1.82, 2.24) is 9.80 Å². The van der Waals surface area contributed by atoms with Crippen molar-refractivity contribution in [2.75, 3.05) is 6.54 Å². The number of carbonyl (C=O) groups is 2. The fraction of sp³-hybridized carbons (Fsp3) is 0.167. The number of imide groups is 1. The van der Waals surface area contributed by atoms with Gasteiger partial charge in [-0.15, -0.1) is 0 Å². The number of hydrogen-bond acceptors (Lipinski definition) is 6. The van der Waals surface area contributed by atoms with Crippen LogP contribution in [-0.4, -0.2) is 33.1 Å². The Balaban J connectivity index is 1.56. The van der Waals surface area contributed by atoms with Gasteiger partial charge in [0.25, 0.3) is 17.5 Å². The minimum absolute atomic E-state index is 0.0229. The van der Waals surface area contributed by atoms with Gasteiger partial charge in [-0.05, 0) is 47.4 Å². The van der Waals surface area contributed by atoms with Crippen molar-refractivity contribution in [2.24, 2.45) is 0 Å². The first kappa shape index (κ1) is 19.7. The number of amides is 2. The van der Waals surface area contributed by atoms with E-state index in [1.807, 2.05) is 23.1 Å². The third-order valence-electron chi connectivity index (χ3n) is 5.85. The van der Waals surface area contributed by atoms with Crippen LogP contribution in [0.2, 0.25) is 0 Å². The number of benzene rings is 2. The van der Waals surface area contributed by atoms with Gasteiger partial charge in [-0.3, -0.25) is 24.6 Å². The van der Waals surface area contributed by atoms with Gasteiger partial charge >= 0.3 is 0 Å². The lowest BCUT2D eigenvalue weighted by Gasteiger charge is -2.31. The molecule has 0 atom stereocenters. The summed E-state index contributed by atoms with van der Waals surface area (Å²) in [5.74, 6) is -0.326. The molecule has 8 heteroatoms. The summed E-state index contributed by atoms with van der Waals surface area (Å²) >= 11 is 0. The first-order valence-corrected chi connectivity index (χ1v) is 10.2. The summed E-state index contributed by atoms with van der Waals surface area (Å²) in [6, 6.07) is 17.2. The van der Waals surface area contributed by atoms with Crippen molar-refractivity contribution in [3.05, 3.63) is 105 Å². The van der Waals surface area contributed by atoms with E-state index in [1.165, 1.54) is 41.0 Å². The summed E-state index contributed by atoms with van der Waals surface area (Å²) in [6.45, 7) is 1.13. The van der Waals surface area contributed by atoms with E-state index in [9.17, 15) is 19.7 Å². The largest absolute Gasteiger partial charge is 0.467 e. The zero-order valence-electron chi connectivity index (χ0n) is 17.1. The average molecular weight is 429 g/mol. The van der Waals surface area contributed by atoms with Crippen molar-refractivity contribution in [1.29, 1.82) is 0 Å². The summed E-state index contributed by atoms with van der Waals surface area (Å²) in [7, 11) is 0. The Bertz CT molecular complexity index is 1240. The molecule has 0 fully saturated rings. The van der Waals surface area contributed by atoms with E-state index in [4.69, 9.17) is 4.42 Å². The maximum atomic E-state index is 13.5. The molecule has 2 amide bonds. The molecule has 0 bridgehead atoms. The van der Waals surface area contributed by atoms with Crippen LogP contribution in [0.5, 0.6) is 0 Å². The van der Waals surface area contributed by atoms with E-state index in [0.717, 1.165) is 12.0 Å². The highest BCUT2D eigenvalue weighted by molar-refractivity contribution is 6.35. The molecule has 0 N–H and O–H groups in total. The number of furan rings is 1. The van der Waals surface area contributed by atoms with E-state index in [1.54, 1.807) is 12.1 Å². The normalized spacial score (nSPS) is 16.0. The van der Waals surface area contributed by atoms with Crippen LogP contribution in [0.15, 0.2) is 77.0 Å². The molecule has 1 aromatic heterocycles. The van der Waals surface area contributed by atoms with E-state index < -0.39 is 10.8 Å². The maximum absolute atomic E-state index is 13.5. The van der Waals surface area contributed by atoms with Crippen LogP contribution < -0.4 is 0 Å². The van der Waals surface area contributed by atoms with Gasteiger partial charge in [0.1, 0.15) is 11.5 Å². The van der Waals surface area contributed by atoms with Crippen LogP contribution >= 0.6 is 0 Å². The lowest BCUT2D eigenvalue weighted by atomic mass is 9.98. The van der Waals surface area contributed by atoms with Crippen molar-refractivity contribution in [2.45, 2.75) is 19.5 Å². The molecule has 0 spiro atoms. The molecule has 3 aromatic rings. The molecule has 0 radical (unpaired) electrons. The van der Waals surface area contributed by atoms with E-state index in [0.29, 0.717) is 30.1 Å². The summed E-state index contributed by atoms with van der Waals surface area (Å²) in [6.07, 6.45) is 2.25. The monoisotopic (exact) mass is 429 g/mol. The molecule has 0 saturated carbocycles. The highest BCUT2D eigenvalue weighted by Gasteiger charge is 2.42. The Hall–Kier alpha value is -4.20. The van der Waals surface area contributed by atoms with Crippen molar-refractivity contribution in [3.63, 3.8) is 0 Å². The second kappa shape index (κ2) is 7.81. The fourth-order valence-electron chi connectivity index (χ4n) is 4.26. The number of carbonyl (C=O) groups excluding carboxylic acids is 2. The van der Waals surface area contributed by atoms with E-state index in [2.05, 4.69) is 6.07 Å². The predicted octanol–water partition coefficient (Wildman–Crippen LogP) is 3.53. The molecule has 0 aliphatic carbocycles. The van der Waals surface area contributed by atoms with Crippen LogP contribution in [0, 0.1) is 10.1 Å². The summed E-state index contributed by atoms with van der Waals surface area (Å²) in [5, 5.41) is 11.1. The van der Waals surface area contributed by atoms with Crippen molar-refractivity contribution in [3.8, 4) is 0 Å². The quantitative estimate of drug-likeness (QED) is 0.350. The molecule has 2 aliphatic rings. The second-order valence-corrected chi connectivity index (χ2v) is 7.74. The number of fused-ring (bicyclic) bond motifs is 1. The van der Waals surface area contributed by atoms with Gasteiger partial charge in [0.2, 0.25) is 0 Å². The Morgan fingerprint density at radius 2 is 1.69 bits per heavy atom. The molecular weight excluding hydrogens is 410 g/mol. The predicted molar refractivity (Wildman–Crippen MR) is 115 cm³/mol. The number of nitro benzene ring substituents is 1. The minimum Gasteiger partial charge on any atom is -0.467 e. The van der Waals surface area contributed by atoms with Gasteiger partial charge in [0.05, 0.1) is 23.3 Å². The number of nitrogens with zero attached hydrogens (tertiary/aromatic N) is 3. The van der Waals surface area contributed by atoms with Gasteiger partial charge in [-0.1, -0.05) is 24.3 Å². The van der Waals surface area contributed by atoms with Crippen LogP contribution in [0.4, 0.5) is 5.69 Å². The first-order valence-electron chi connectivity index (χ1n) is 10.2. The van der Waals surface area contributed by atoms with Gasteiger partial charge in [0.15, 0.2) is 0 Å². The highest BCUT2D eigenvalue weighted by Crippen LogP contribution is 2.35. The van der Waals surface area contributed by atoms with Gasteiger partial charge in [-0.25, -0.2) is 0 Å². The van der Waals surface area contributed by atoms with Crippen LogP contribution in [0.25, 0.3) is 5.57 Å². The topological polar surface area (TPSA) is 96.9 Å². The standard InChI is InChI=1S/C24H19N3O5/c28-23-21(17-7-9-19(10-8-17)27(30)31)22(24(29)26(23)15-20-6-3-13-32-20)25-12-11-16-4-1-2-5-18(16)14-25/h1-10,13H,11-12,14-15H2. The van der Waals surface area contributed by atoms with Crippen LogP contribution in [-0.2, 0) is 29.1 Å². The number of hydrogen-bond donors (Lipinski definition) is 0. The Morgan fingerprint density at radius 1 is 0.938 bits per heavy atom. The van der Waals surface area contributed by atoms with E-state index >= 15 is 0 Å². The molecule has 5 rings (SSSR count). The molecule has 160 valence electrons. The van der Waals surface area contributed by atoms with E-state index in [-0.39, 0.29) is 23.7 Å². The second-order valence-electron chi connectivity index (χ2n) is 7.74. The molecule has 32 heavy (non-hydrogen) atoms. The van der Waals surface area contributed by atoms with Crippen LogP contribution in [0.3, 0.4) is 0 Å². The molecule has 0 saturated heterocycles. The smallest absolute Gasteiger partial charge is 0.278 e. The number of rotatable bonds is 5. The Labute approximate surface area is 183 Å². The number of nitro groups is 1. The summed E-state index contributed by atoms with van der Waals surface area (Å²) < 4.78 is 5.35. The van der Waals surface area contributed by atoms with Crippen molar-refractivity contribution < 1.29 is 18.9 Å². The maximum Gasteiger partial charge on any atom is 0.278 e. The zero-order chi connectivity index (χ0) is 22.2. The highest BCUT2D eigenvalue weighted by atomic mass is 16.6. The molecule has 2 aliphatic heterocycles. The number of non-ortho nitro benzene ring substituents is 1. The van der Waals surface area contributed by atoms with Gasteiger partial charge in [0, 0.05) is 25.2 Å². The first-order chi connectivity index (χ1) is 15.5. The Morgan fingerprint density at radius 3 is 2.38 bits per heavy atom. The zero-order valence-corrected chi connectivity index (χ0v) is 17.1. The SMILES string of the molecule is O=C1C(c2ccc([N+](=O)[O-])cc2)=C(N2CCc3ccccc3C2)C(=O)N1Cc1ccco1. The lowest BCUT2D eigenvalue weighted by molar-refractivity contribution is -0.384. The molecule has 2 aromatic carbocycles. The third kappa shape index (κ3) is 3.35. The molecule has 0 unspecified atom stereocenters. The lowest BCUT2D eigenvalue weighted by Crippen LogP contribution is -2.37. The van der Waals surface area contributed by atoms with Crippen molar-refractivity contribution >= 4 is 23.1 Å². The summed E-state index contributed by atoms with van der Waals surface area (Å²) in [4.78, 5) is 40.5. The molecule has 8 nitrogen and oxygen atoms in total. The van der Waals surface area contributed by atoms with Gasteiger partial charge in [-0.2, -0.15) is 0 Å². The molecular formula is C24H19N3O5. The third-order valence-corrected chi connectivity index (χ3v) is 5.85. The van der Waals surface area contributed by atoms with Gasteiger partial charge < -0.3 is 9.32 Å². The summed E-state index contributed by atoms with van der Waals surface area (Å²) in [5.41, 5.74) is 3.32. The Kier molecular flexibility index (Phi) is 4.82. The minimum atomic E-state index is -0.495. The van der Waals surface area contributed by atoms with Crippen LogP contribution in [0.1, 0.15) is 22.5 Å². The fourth-order valence-corrected chi connectivity index (χ4v) is 4.26.